The van der Waals surface area contributed by atoms with Gasteiger partial charge in [-0.2, -0.15) is 0 Å². The van der Waals surface area contributed by atoms with Crippen LogP contribution in [0.25, 0.3) is 0 Å². The first-order chi connectivity index (χ1) is 13.3. The Bertz CT molecular complexity index is 838. The molecule has 0 aliphatic carbocycles. The molecule has 0 radical (unpaired) electrons. The summed E-state index contributed by atoms with van der Waals surface area (Å²) in [6, 6.07) is 11.7. The zero-order chi connectivity index (χ0) is 20.7. The van der Waals surface area contributed by atoms with Crippen LogP contribution in [-0.4, -0.2) is 41.5 Å². The number of urea groups is 1. The number of nitrogens with one attached hydrogen (secondary N) is 2. The fourth-order valence-corrected chi connectivity index (χ4v) is 2.39. The number of hydrogen-bond acceptors (Lipinski definition) is 3. The van der Waals surface area contributed by atoms with E-state index in [0.717, 1.165) is 5.56 Å². The van der Waals surface area contributed by atoms with Gasteiger partial charge in [-0.15, -0.1) is 0 Å². The monoisotopic (exact) mass is 387 g/mol. The smallest absolute Gasteiger partial charge is 0.317 e. The minimum absolute atomic E-state index is 0.101. The maximum absolute atomic E-state index is 12.9. The topological polar surface area (TPSA) is 98.7 Å². The van der Waals surface area contributed by atoms with E-state index in [1.165, 1.54) is 43.1 Å². The van der Waals surface area contributed by atoms with E-state index < -0.39 is 11.9 Å². The third-order valence-electron chi connectivity index (χ3n) is 4.08. The van der Waals surface area contributed by atoms with Crippen LogP contribution in [0.2, 0.25) is 0 Å². The van der Waals surface area contributed by atoms with Crippen LogP contribution in [0.15, 0.2) is 48.5 Å². The van der Waals surface area contributed by atoms with E-state index in [-0.39, 0.29) is 30.8 Å². The highest BCUT2D eigenvalue weighted by Gasteiger charge is 2.17. The lowest BCUT2D eigenvalue weighted by Gasteiger charge is -2.20. The van der Waals surface area contributed by atoms with E-state index in [1.54, 1.807) is 24.3 Å². The molecule has 0 aliphatic heterocycles. The largest absolute Gasteiger partial charge is 0.481 e. The Hall–Kier alpha value is -3.42. The quantitative estimate of drug-likeness (QED) is 0.680. The van der Waals surface area contributed by atoms with Crippen LogP contribution in [-0.2, 0) is 11.3 Å². The number of carboxylic acids is 1. The predicted octanol–water partition coefficient (Wildman–Crippen LogP) is 2.94. The average molecular weight is 387 g/mol. The van der Waals surface area contributed by atoms with Crippen molar-refractivity contribution in [1.82, 2.24) is 10.2 Å². The van der Waals surface area contributed by atoms with Crippen molar-refractivity contribution >= 4 is 23.6 Å². The summed E-state index contributed by atoms with van der Waals surface area (Å²) in [6.07, 6.45) is 0. The summed E-state index contributed by atoms with van der Waals surface area (Å²) >= 11 is 0. The molecule has 0 bridgehead atoms. The predicted molar refractivity (Wildman–Crippen MR) is 102 cm³/mol. The highest BCUT2D eigenvalue weighted by Crippen LogP contribution is 2.11. The number of hydrogen-bond donors (Lipinski definition) is 3. The van der Waals surface area contributed by atoms with E-state index in [9.17, 15) is 18.8 Å². The maximum atomic E-state index is 12.9. The van der Waals surface area contributed by atoms with Crippen LogP contribution < -0.4 is 10.6 Å². The molecule has 0 saturated carbocycles. The van der Waals surface area contributed by atoms with Crippen molar-refractivity contribution in [2.75, 3.05) is 18.9 Å². The number of benzene rings is 2. The number of nitrogens with zero attached hydrogens (tertiary/aromatic N) is 1. The first kappa shape index (κ1) is 20.9. The molecule has 1 atom stereocenters. The Morgan fingerprint density at radius 1 is 1.07 bits per heavy atom. The number of aliphatic carboxylic acids is 1. The fourth-order valence-electron chi connectivity index (χ4n) is 2.39. The van der Waals surface area contributed by atoms with Gasteiger partial charge in [0, 0.05) is 31.4 Å². The molecule has 2 aromatic rings. The molecule has 3 amide bonds. The number of carbonyl (C=O) groups is 3. The summed E-state index contributed by atoms with van der Waals surface area (Å²) in [5.41, 5.74) is 1.69. The van der Waals surface area contributed by atoms with Gasteiger partial charge in [-0.3, -0.25) is 9.59 Å². The minimum Gasteiger partial charge on any atom is -0.481 e. The van der Waals surface area contributed by atoms with Crippen LogP contribution in [0.4, 0.5) is 14.9 Å². The molecule has 2 aromatic carbocycles. The van der Waals surface area contributed by atoms with Gasteiger partial charge in [0.15, 0.2) is 0 Å². The molecule has 0 saturated heterocycles. The molecule has 7 nitrogen and oxygen atoms in total. The van der Waals surface area contributed by atoms with E-state index >= 15 is 0 Å². The normalized spacial score (nSPS) is 11.4. The van der Waals surface area contributed by atoms with Gasteiger partial charge in [0.05, 0.1) is 5.92 Å². The molecule has 0 aromatic heterocycles. The van der Waals surface area contributed by atoms with Gasteiger partial charge in [-0.1, -0.05) is 19.1 Å². The van der Waals surface area contributed by atoms with Crippen molar-refractivity contribution in [3.05, 3.63) is 65.5 Å². The highest BCUT2D eigenvalue weighted by molar-refractivity contribution is 6.04. The number of halogens is 1. The van der Waals surface area contributed by atoms with E-state index in [4.69, 9.17) is 5.11 Å². The summed E-state index contributed by atoms with van der Waals surface area (Å²) in [7, 11) is 1.53. The first-order valence-electron chi connectivity index (χ1n) is 8.64. The van der Waals surface area contributed by atoms with Crippen molar-refractivity contribution < 1.29 is 23.9 Å². The van der Waals surface area contributed by atoms with Crippen molar-refractivity contribution in [3.8, 4) is 0 Å². The molecule has 0 aliphatic rings. The van der Waals surface area contributed by atoms with Gasteiger partial charge in [0.25, 0.3) is 5.91 Å². The number of amides is 3. The molecule has 8 heteroatoms. The summed E-state index contributed by atoms with van der Waals surface area (Å²) in [6.45, 7) is 1.87. The zero-order valence-corrected chi connectivity index (χ0v) is 15.6. The van der Waals surface area contributed by atoms with Crippen LogP contribution in [0.5, 0.6) is 0 Å². The average Bonchev–Trinajstić information content (AvgIpc) is 2.68. The SMILES string of the molecule is CC(CN(C)C(=O)NCc1ccc(C(=O)Nc2ccc(F)cc2)cc1)C(=O)O. The lowest BCUT2D eigenvalue weighted by molar-refractivity contribution is -0.141. The third-order valence-corrected chi connectivity index (χ3v) is 4.08. The summed E-state index contributed by atoms with van der Waals surface area (Å²) in [5, 5.41) is 14.3. The van der Waals surface area contributed by atoms with Crippen molar-refractivity contribution in [3.63, 3.8) is 0 Å². The summed E-state index contributed by atoms with van der Waals surface area (Å²) in [4.78, 5) is 36.4. The van der Waals surface area contributed by atoms with E-state index in [2.05, 4.69) is 10.6 Å². The van der Waals surface area contributed by atoms with Gasteiger partial charge in [0.2, 0.25) is 0 Å². The molecule has 0 spiro atoms. The minimum atomic E-state index is -0.964. The second kappa shape index (κ2) is 9.50. The molecule has 148 valence electrons. The van der Waals surface area contributed by atoms with Gasteiger partial charge in [-0.05, 0) is 42.0 Å². The number of anilines is 1. The number of carbonyl (C=O) groups excluding carboxylic acids is 2. The van der Waals surface area contributed by atoms with Gasteiger partial charge < -0.3 is 20.6 Å². The Balaban J connectivity index is 1.86. The standard InChI is InChI=1S/C20H22FN3O4/c1-13(19(26)27)12-24(2)20(28)22-11-14-3-5-15(6-4-14)18(25)23-17-9-7-16(21)8-10-17/h3-10,13H,11-12H2,1-2H3,(H,22,28)(H,23,25)(H,26,27). The molecule has 3 N–H and O–H groups in total. The maximum Gasteiger partial charge on any atom is 0.317 e. The van der Waals surface area contributed by atoms with Gasteiger partial charge in [0.1, 0.15) is 5.82 Å². The Morgan fingerprint density at radius 3 is 2.25 bits per heavy atom. The molecule has 1 unspecified atom stereocenters. The Labute approximate surface area is 162 Å². The molecule has 2 rings (SSSR count). The van der Waals surface area contributed by atoms with Crippen LogP contribution in [0.3, 0.4) is 0 Å². The van der Waals surface area contributed by atoms with Crippen LogP contribution >= 0.6 is 0 Å². The molecular formula is C20H22FN3O4. The van der Waals surface area contributed by atoms with Crippen molar-refractivity contribution in [2.24, 2.45) is 5.92 Å². The van der Waals surface area contributed by atoms with Crippen LogP contribution in [0, 0.1) is 11.7 Å². The Morgan fingerprint density at radius 2 is 1.68 bits per heavy atom. The van der Waals surface area contributed by atoms with E-state index in [1.807, 2.05) is 0 Å². The zero-order valence-electron chi connectivity index (χ0n) is 15.6. The second-order valence-corrected chi connectivity index (χ2v) is 6.44. The summed E-state index contributed by atoms with van der Waals surface area (Å²) in [5.74, 6) is -2.33. The first-order valence-corrected chi connectivity index (χ1v) is 8.64. The Kier molecular flexibility index (Phi) is 7.08. The summed E-state index contributed by atoms with van der Waals surface area (Å²) < 4.78 is 12.9. The van der Waals surface area contributed by atoms with Crippen molar-refractivity contribution in [1.29, 1.82) is 0 Å². The molecule has 0 fully saturated rings. The second-order valence-electron chi connectivity index (χ2n) is 6.44. The fraction of sp³-hybridized carbons (Fsp3) is 0.250. The van der Waals surface area contributed by atoms with Gasteiger partial charge >= 0.3 is 12.0 Å². The van der Waals surface area contributed by atoms with Gasteiger partial charge in [-0.25, -0.2) is 9.18 Å². The lowest BCUT2D eigenvalue weighted by Crippen LogP contribution is -2.40. The van der Waals surface area contributed by atoms with Crippen LogP contribution in [0.1, 0.15) is 22.8 Å². The van der Waals surface area contributed by atoms with Crippen molar-refractivity contribution in [2.45, 2.75) is 13.5 Å². The highest BCUT2D eigenvalue weighted by atomic mass is 19.1. The number of carboxylic acid groups (broad SMARTS) is 1. The molecule has 0 heterocycles. The lowest BCUT2D eigenvalue weighted by atomic mass is 10.1. The van der Waals surface area contributed by atoms with E-state index in [0.29, 0.717) is 11.3 Å². The molecular weight excluding hydrogens is 365 g/mol. The molecule has 28 heavy (non-hydrogen) atoms. The third kappa shape index (κ3) is 6.08. The number of rotatable bonds is 7.